The Morgan fingerprint density at radius 1 is 1.22 bits per heavy atom. The number of benzene rings is 2. The number of rotatable bonds is 7. The van der Waals surface area contributed by atoms with Crippen molar-refractivity contribution in [3.05, 3.63) is 69.8 Å². The van der Waals surface area contributed by atoms with Gasteiger partial charge in [0.05, 0.1) is 23.7 Å². The topological polar surface area (TPSA) is 89.7 Å². The summed E-state index contributed by atoms with van der Waals surface area (Å²) >= 11 is 0. The summed E-state index contributed by atoms with van der Waals surface area (Å²) in [7, 11) is 1.56. The molecule has 6 nitrogen and oxygen atoms in total. The highest BCUT2D eigenvalue weighted by atomic mass is 16.6. The third-order valence-electron chi connectivity index (χ3n) is 3.45. The van der Waals surface area contributed by atoms with Gasteiger partial charge in [-0.25, -0.2) is 0 Å². The molecule has 0 saturated heterocycles. The van der Waals surface area contributed by atoms with E-state index in [0.717, 1.165) is 5.56 Å². The number of carbonyl (C=O) groups is 1. The first kappa shape index (κ1) is 16.6. The van der Waals surface area contributed by atoms with Crippen LogP contribution in [0.4, 0.5) is 5.69 Å². The van der Waals surface area contributed by atoms with E-state index in [4.69, 9.17) is 4.74 Å². The molecule has 23 heavy (non-hydrogen) atoms. The van der Waals surface area contributed by atoms with Crippen LogP contribution in [0.25, 0.3) is 0 Å². The van der Waals surface area contributed by atoms with E-state index in [0.29, 0.717) is 5.75 Å². The first-order valence-electron chi connectivity index (χ1n) is 7.09. The minimum Gasteiger partial charge on any atom is -0.497 e. The number of nitro benzene ring substituents is 1. The summed E-state index contributed by atoms with van der Waals surface area (Å²) in [6.07, 6.45) is -0.788. The zero-order valence-corrected chi connectivity index (χ0v) is 12.6. The number of para-hydroxylation sites is 1. The lowest BCUT2D eigenvalue weighted by Gasteiger charge is -2.10. The SMILES string of the molecule is COc1ccc(CC(O)CC(=O)c2ccccc2[N+](=O)[O-])cc1. The van der Waals surface area contributed by atoms with E-state index in [-0.39, 0.29) is 24.1 Å². The van der Waals surface area contributed by atoms with E-state index in [1.54, 1.807) is 37.4 Å². The van der Waals surface area contributed by atoms with Crippen LogP contribution in [0, 0.1) is 10.1 Å². The second kappa shape index (κ2) is 7.51. The zero-order chi connectivity index (χ0) is 16.8. The molecular weight excluding hydrogens is 298 g/mol. The normalized spacial score (nSPS) is 11.7. The van der Waals surface area contributed by atoms with Gasteiger partial charge in [0.25, 0.3) is 5.69 Å². The Labute approximate surface area is 133 Å². The van der Waals surface area contributed by atoms with Crippen LogP contribution >= 0.6 is 0 Å². The van der Waals surface area contributed by atoms with Crippen LogP contribution < -0.4 is 4.74 Å². The van der Waals surface area contributed by atoms with Crippen molar-refractivity contribution in [2.45, 2.75) is 18.9 Å². The standard InChI is InChI=1S/C17H17NO5/c1-23-14-8-6-12(7-9-14)10-13(19)11-17(20)15-4-2-3-5-16(15)18(21)22/h2-9,13,19H,10-11H2,1H3. The lowest BCUT2D eigenvalue weighted by Crippen LogP contribution is -2.17. The molecule has 1 atom stereocenters. The second-order valence-electron chi connectivity index (χ2n) is 5.11. The predicted molar refractivity (Wildman–Crippen MR) is 84.7 cm³/mol. The molecule has 6 heteroatoms. The van der Waals surface area contributed by atoms with Gasteiger partial charge in [0.1, 0.15) is 5.75 Å². The van der Waals surface area contributed by atoms with Crippen molar-refractivity contribution >= 4 is 11.5 Å². The summed E-state index contributed by atoms with van der Waals surface area (Å²) in [5.74, 6) is 0.262. The molecule has 0 spiro atoms. The fourth-order valence-corrected chi connectivity index (χ4v) is 2.30. The molecule has 0 fully saturated rings. The van der Waals surface area contributed by atoms with Gasteiger partial charge in [0.15, 0.2) is 5.78 Å². The van der Waals surface area contributed by atoms with E-state index in [9.17, 15) is 20.0 Å². The molecule has 0 saturated carbocycles. The molecule has 2 aromatic rings. The van der Waals surface area contributed by atoms with E-state index < -0.39 is 16.8 Å². The predicted octanol–water partition coefficient (Wildman–Crippen LogP) is 2.78. The second-order valence-corrected chi connectivity index (χ2v) is 5.11. The van der Waals surface area contributed by atoms with Crippen molar-refractivity contribution in [3.63, 3.8) is 0 Å². The Morgan fingerprint density at radius 2 is 1.87 bits per heavy atom. The number of hydrogen-bond donors (Lipinski definition) is 1. The van der Waals surface area contributed by atoms with Gasteiger partial charge in [-0.15, -0.1) is 0 Å². The van der Waals surface area contributed by atoms with Gasteiger partial charge >= 0.3 is 0 Å². The Kier molecular flexibility index (Phi) is 5.43. The van der Waals surface area contributed by atoms with Crippen molar-refractivity contribution in [1.82, 2.24) is 0 Å². The molecule has 0 amide bonds. The summed E-state index contributed by atoms with van der Waals surface area (Å²) < 4.78 is 5.05. The molecule has 1 N–H and O–H groups in total. The Hall–Kier alpha value is -2.73. The largest absolute Gasteiger partial charge is 0.497 e. The van der Waals surface area contributed by atoms with Crippen LogP contribution in [0.2, 0.25) is 0 Å². The first-order chi connectivity index (χ1) is 11.0. The van der Waals surface area contributed by atoms with Crippen molar-refractivity contribution < 1.29 is 19.6 Å². The molecule has 2 aromatic carbocycles. The highest BCUT2D eigenvalue weighted by molar-refractivity contribution is 6.00. The molecule has 0 aliphatic heterocycles. The number of Topliss-reactive ketones (excluding diaryl/α,β-unsaturated/α-hetero) is 1. The molecule has 0 aromatic heterocycles. The van der Waals surface area contributed by atoms with Gasteiger partial charge in [0.2, 0.25) is 0 Å². The summed E-state index contributed by atoms with van der Waals surface area (Å²) in [6, 6.07) is 12.9. The van der Waals surface area contributed by atoms with Gasteiger partial charge in [-0.05, 0) is 30.2 Å². The van der Waals surface area contributed by atoms with Crippen LogP contribution in [0.5, 0.6) is 5.75 Å². The molecule has 120 valence electrons. The average Bonchev–Trinajstić information content (AvgIpc) is 2.55. The number of nitro groups is 1. The van der Waals surface area contributed by atoms with Gasteiger partial charge in [0, 0.05) is 12.5 Å². The summed E-state index contributed by atoms with van der Waals surface area (Å²) in [5, 5.41) is 21.0. The van der Waals surface area contributed by atoms with E-state index in [1.807, 2.05) is 0 Å². The number of aliphatic hydroxyl groups excluding tert-OH is 1. The fourth-order valence-electron chi connectivity index (χ4n) is 2.30. The van der Waals surface area contributed by atoms with Gasteiger partial charge in [-0.3, -0.25) is 14.9 Å². The van der Waals surface area contributed by atoms with Crippen molar-refractivity contribution in [3.8, 4) is 5.75 Å². The number of aliphatic hydroxyl groups is 1. The van der Waals surface area contributed by atoms with Crippen LogP contribution in [0.1, 0.15) is 22.3 Å². The zero-order valence-electron chi connectivity index (χ0n) is 12.6. The lowest BCUT2D eigenvalue weighted by atomic mass is 9.99. The Bertz CT molecular complexity index is 696. The highest BCUT2D eigenvalue weighted by Gasteiger charge is 2.21. The van der Waals surface area contributed by atoms with Crippen LogP contribution in [0.15, 0.2) is 48.5 Å². The molecule has 0 bridgehead atoms. The van der Waals surface area contributed by atoms with E-state index in [1.165, 1.54) is 18.2 Å². The third kappa shape index (κ3) is 4.37. The number of ketones is 1. The van der Waals surface area contributed by atoms with E-state index >= 15 is 0 Å². The lowest BCUT2D eigenvalue weighted by molar-refractivity contribution is -0.385. The van der Waals surface area contributed by atoms with Crippen molar-refractivity contribution in [1.29, 1.82) is 0 Å². The number of ether oxygens (including phenoxy) is 1. The van der Waals surface area contributed by atoms with Crippen LogP contribution in [0.3, 0.4) is 0 Å². The van der Waals surface area contributed by atoms with Gasteiger partial charge in [-0.1, -0.05) is 24.3 Å². The number of methoxy groups -OCH3 is 1. The smallest absolute Gasteiger partial charge is 0.280 e. The minimum absolute atomic E-state index is 0.0197. The van der Waals surface area contributed by atoms with Gasteiger partial charge < -0.3 is 9.84 Å². The molecule has 1 unspecified atom stereocenters. The molecule has 0 heterocycles. The quantitative estimate of drug-likeness (QED) is 0.482. The number of hydrogen-bond acceptors (Lipinski definition) is 5. The van der Waals surface area contributed by atoms with Crippen molar-refractivity contribution in [2.24, 2.45) is 0 Å². The molecule has 0 aliphatic carbocycles. The van der Waals surface area contributed by atoms with Gasteiger partial charge in [-0.2, -0.15) is 0 Å². The number of nitrogens with zero attached hydrogens (tertiary/aromatic N) is 1. The monoisotopic (exact) mass is 315 g/mol. The molecule has 2 rings (SSSR count). The minimum atomic E-state index is -0.907. The average molecular weight is 315 g/mol. The molecule has 0 aliphatic rings. The highest BCUT2D eigenvalue weighted by Crippen LogP contribution is 2.21. The Morgan fingerprint density at radius 3 is 2.48 bits per heavy atom. The third-order valence-corrected chi connectivity index (χ3v) is 3.45. The fraction of sp³-hybridized carbons (Fsp3) is 0.235. The van der Waals surface area contributed by atoms with Crippen LogP contribution in [-0.2, 0) is 6.42 Å². The summed E-state index contributed by atoms with van der Waals surface area (Å²) in [6.45, 7) is 0. The maximum absolute atomic E-state index is 12.2. The first-order valence-corrected chi connectivity index (χ1v) is 7.09. The molecular formula is C17H17NO5. The number of carbonyl (C=O) groups excluding carboxylic acids is 1. The van der Waals surface area contributed by atoms with Crippen LogP contribution in [-0.4, -0.2) is 29.0 Å². The maximum atomic E-state index is 12.2. The summed E-state index contributed by atoms with van der Waals surface area (Å²) in [5.41, 5.74) is 0.633. The maximum Gasteiger partial charge on any atom is 0.280 e. The molecule has 0 radical (unpaired) electrons. The van der Waals surface area contributed by atoms with E-state index in [2.05, 4.69) is 0 Å². The Balaban J connectivity index is 2.03. The summed E-state index contributed by atoms with van der Waals surface area (Å²) in [4.78, 5) is 22.5. The van der Waals surface area contributed by atoms with Crippen molar-refractivity contribution in [2.75, 3.05) is 7.11 Å².